The molecule has 2 heterocycles. The number of aromatic nitrogens is 3. The molecule has 2 aromatic rings. The van der Waals surface area contributed by atoms with E-state index in [2.05, 4.69) is 10.1 Å². The van der Waals surface area contributed by atoms with Gasteiger partial charge in [-0.05, 0) is 13.8 Å². The summed E-state index contributed by atoms with van der Waals surface area (Å²) in [6, 6.07) is 0. The van der Waals surface area contributed by atoms with Crippen LogP contribution in [0.5, 0.6) is 0 Å². The molecule has 7 heteroatoms. The van der Waals surface area contributed by atoms with Crippen molar-refractivity contribution in [2.45, 2.75) is 27.0 Å². The van der Waals surface area contributed by atoms with Crippen molar-refractivity contribution in [2.75, 3.05) is 5.73 Å². The van der Waals surface area contributed by atoms with Crippen LogP contribution in [0.2, 0.25) is 0 Å². The molecule has 0 unspecified atom stereocenters. The van der Waals surface area contributed by atoms with Crippen LogP contribution >= 0.6 is 11.3 Å². The van der Waals surface area contributed by atoms with Crippen LogP contribution in [-0.2, 0) is 22.7 Å². The van der Waals surface area contributed by atoms with E-state index in [0.717, 1.165) is 16.3 Å². The number of nitrogen functional groups attached to an aromatic ring is 1. The Balaban J connectivity index is 1.93. The molecule has 0 radical (unpaired) electrons. The summed E-state index contributed by atoms with van der Waals surface area (Å²) >= 11 is 1.45. The smallest absolute Gasteiger partial charge is 0.328 e. The van der Waals surface area contributed by atoms with Crippen molar-refractivity contribution in [3.8, 4) is 0 Å². The van der Waals surface area contributed by atoms with Crippen LogP contribution < -0.4 is 5.73 Å². The van der Waals surface area contributed by atoms with Crippen LogP contribution in [0.3, 0.4) is 0 Å². The molecule has 0 saturated carbocycles. The van der Waals surface area contributed by atoms with Gasteiger partial charge in [0.15, 0.2) is 0 Å². The average Bonchev–Trinajstić information content (AvgIpc) is 2.93. The third-order valence-corrected chi connectivity index (χ3v) is 3.33. The summed E-state index contributed by atoms with van der Waals surface area (Å²) in [7, 11) is 0. The molecule has 2 rings (SSSR count). The second kappa shape index (κ2) is 5.18. The minimum atomic E-state index is -0.339. The number of nitrogens with two attached hydrogens (primary N) is 1. The van der Waals surface area contributed by atoms with E-state index < -0.39 is 0 Å². The number of hydrogen-bond donors (Lipinski definition) is 1. The van der Waals surface area contributed by atoms with Crippen molar-refractivity contribution < 1.29 is 9.53 Å². The maximum atomic E-state index is 11.6. The second-order valence-corrected chi connectivity index (χ2v) is 4.84. The van der Waals surface area contributed by atoms with Crippen LogP contribution in [0.15, 0.2) is 11.7 Å². The molecule has 0 saturated heterocycles. The van der Waals surface area contributed by atoms with Gasteiger partial charge in [0.25, 0.3) is 0 Å². The number of nitrogens with zero attached hydrogens (tertiary/aromatic N) is 3. The van der Waals surface area contributed by atoms with E-state index in [4.69, 9.17) is 10.5 Å². The Labute approximate surface area is 108 Å². The fourth-order valence-electron chi connectivity index (χ4n) is 1.50. The Hall–Kier alpha value is -1.89. The fourth-order valence-corrected chi connectivity index (χ4v) is 2.00. The molecule has 0 aliphatic rings. The molecule has 18 heavy (non-hydrogen) atoms. The zero-order chi connectivity index (χ0) is 13.1. The number of carbonyl (C=O) groups excluding carboxylic acids is 1. The zero-order valence-corrected chi connectivity index (χ0v) is 11.0. The first-order valence-corrected chi connectivity index (χ1v) is 6.28. The van der Waals surface area contributed by atoms with Crippen LogP contribution in [0.4, 0.5) is 5.69 Å². The van der Waals surface area contributed by atoms with Crippen molar-refractivity contribution in [1.29, 1.82) is 0 Å². The number of ether oxygens (including phenoxy) is 1. The van der Waals surface area contributed by atoms with Gasteiger partial charge in [0.2, 0.25) is 0 Å². The van der Waals surface area contributed by atoms with E-state index in [1.165, 1.54) is 11.3 Å². The van der Waals surface area contributed by atoms with E-state index in [1.54, 1.807) is 16.4 Å². The van der Waals surface area contributed by atoms with Gasteiger partial charge >= 0.3 is 5.97 Å². The monoisotopic (exact) mass is 266 g/mol. The highest BCUT2D eigenvalue weighted by Crippen LogP contribution is 2.14. The van der Waals surface area contributed by atoms with Crippen LogP contribution in [0, 0.1) is 13.8 Å². The van der Waals surface area contributed by atoms with Gasteiger partial charge in [-0.25, -0.2) is 0 Å². The number of anilines is 1. The Kier molecular flexibility index (Phi) is 3.61. The summed E-state index contributed by atoms with van der Waals surface area (Å²) in [5.41, 5.74) is 9.61. The van der Waals surface area contributed by atoms with E-state index in [0.29, 0.717) is 5.69 Å². The SMILES string of the molecule is Cc1nn(CC(=O)OCc2cncs2)c(C)c1N. The topological polar surface area (TPSA) is 83.0 Å². The molecular weight excluding hydrogens is 252 g/mol. The van der Waals surface area contributed by atoms with Gasteiger partial charge in [-0.15, -0.1) is 11.3 Å². The van der Waals surface area contributed by atoms with Gasteiger partial charge in [0, 0.05) is 6.20 Å². The highest BCUT2D eigenvalue weighted by atomic mass is 32.1. The van der Waals surface area contributed by atoms with Gasteiger partial charge < -0.3 is 10.5 Å². The number of rotatable bonds is 4. The van der Waals surface area contributed by atoms with E-state index in [1.807, 2.05) is 13.8 Å². The lowest BCUT2D eigenvalue weighted by Crippen LogP contribution is -2.15. The predicted octanol–water partition coefficient (Wildman–Crippen LogP) is 1.28. The Morgan fingerprint density at radius 3 is 2.89 bits per heavy atom. The molecule has 0 spiro atoms. The number of thiazole rings is 1. The molecule has 2 aromatic heterocycles. The molecule has 0 fully saturated rings. The third-order valence-electron chi connectivity index (χ3n) is 2.58. The molecule has 96 valence electrons. The minimum absolute atomic E-state index is 0.0721. The quantitative estimate of drug-likeness (QED) is 0.843. The van der Waals surface area contributed by atoms with Crippen LogP contribution in [-0.4, -0.2) is 20.7 Å². The van der Waals surface area contributed by atoms with Crippen LogP contribution in [0.1, 0.15) is 16.3 Å². The van der Waals surface area contributed by atoms with Crippen molar-refractivity contribution in [2.24, 2.45) is 0 Å². The van der Waals surface area contributed by atoms with E-state index in [9.17, 15) is 4.79 Å². The first kappa shape index (κ1) is 12.6. The van der Waals surface area contributed by atoms with Crippen molar-refractivity contribution in [3.63, 3.8) is 0 Å². The summed E-state index contributed by atoms with van der Waals surface area (Å²) in [5, 5.41) is 4.18. The normalized spacial score (nSPS) is 10.6. The molecule has 6 nitrogen and oxygen atoms in total. The highest BCUT2D eigenvalue weighted by molar-refractivity contribution is 7.09. The molecule has 0 amide bonds. The summed E-state index contributed by atoms with van der Waals surface area (Å²) in [6.07, 6.45) is 1.68. The number of carbonyl (C=O) groups is 1. The average molecular weight is 266 g/mol. The van der Waals surface area contributed by atoms with Gasteiger partial charge in [-0.1, -0.05) is 0 Å². The lowest BCUT2D eigenvalue weighted by Gasteiger charge is -2.05. The molecule has 0 aromatic carbocycles. The minimum Gasteiger partial charge on any atom is -0.459 e. The number of esters is 1. The molecular formula is C11H14N4O2S. The zero-order valence-electron chi connectivity index (χ0n) is 10.2. The lowest BCUT2D eigenvalue weighted by atomic mass is 10.3. The van der Waals surface area contributed by atoms with Crippen molar-refractivity contribution in [3.05, 3.63) is 28.0 Å². The first-order valence-electron chi connectivity index (χ1n) is 5.40. The molecule has 0 aliphatic carbocycles. The summed E-state index contributed by atoms with van der Waals surface area (Å²) < 4.78 is 6.68. The Bertz CT molecular complexity index is 548. The molecule has 2 N–H and O–H groups in total. The highest BCUT2D eigenvalue weighted by Gasteiger charge is 2.12. The number of aryl methyl sites for hydroxylation is 1. The predicted molar refractivity (Wildman–Crippen MR) is 68.0 cm³/mol. The maximum absolute atomic E-state index is 11.6. The van der Waals surface area contributed by atoms with Crippen molar-refractivity contribution in [1.82, 2.24) is 14.8 Å². The lowest BCUT2D eigenvalue weighted by molar-refractivity contribution is -0.145. The molecule has 0 aliphatic heterocycles. The Morgan fingerprint density at radius 1 is 1.56 bits per heavy atom. The summed E-state index contributed by atoms with van der Waals surface area (Å²) in [4.78, 5) is 16.5. The van der Waals surface area contributed by atoms with Gasteiger partial charge in [0.05, 0.1) is 27.5 Å². The van der Waals surface area contributed by atoms with Gasteiger partial charge in [0.1, 0.15) is 13.2 Å². The summed E-state index contributed by atoms with van der Waals surface area (Å²) in [5.74, 6) is -0.339. The Morgan fingerprint density at radius 2 is 2.33 bits per heavy atom. The largest absolute Gasteiger partial charge is 0.459 e. The second-order valence-electron chi connectivity index (χ2n) is 3.87. The fraction of sp³-hybridized carbons (Fsp3) is 0.364. The summed E-state index contributed by atoms with van der Waals surface area (Å²) in [6.45, 7) is 3.95. The van der Waals surface area contributed by atoms with Gasteiger partial charge in [-0.2, -0.15) is 5.10 Å². The molecule has 0 bridgehead atoms. The van der Waals surface area contributed by atoms with E-state index in [-0.39, 0.29) is 19.1 Å². The van der Waals surface area contributed by atoms with E-state index >= 15 is 0 Å². The third kappa shape index (κ3) is 2.67. The first-order chi connectivity index (χ1) is 8.58. The maximum Gasteiger partial charge on any atom is 0.328 e. The standard InChI is InChI=1S/C11H14N4O2S/c1-7-11(12)8(2)15(14-7)4-10(16)17-5-9-3-13-6-18-9/h3,6H,4-5,12H2,1-2H3. The molecule has 0 atom stereocenters. The van der Waals surface area contributed by atoms with Crippen LogP contribution in [0.25, 0.3) is 0 Å². The van der Waals surface area contributed by atoms with Gasteiger partial charge in [-0.3, -0.25) is 14.5 Å². The number of hydrogen-bond acceptors (Lipinski definition) is 6. The van der Waals surface area contributed by atoms with Crippen molar-refractivity contribution >= 4 is 23.0 Å².